The van der Waals surface area contributed by atoms with Crippen LogP contribution in [0, 0.1) is 5.92 Å². The number of rotatable bonds is 13. The van der Waals surface area contributed by atoms with Crippen molar-refractivity contribution in [3.05, 3.63) is 65.2 Å². The number of carbonyl (C=O) groups excluding carboxylic acids is 5. The molecular formula is C42H49F2N11O7. The number of halogens is 2. The van der Waals surface area contributed by atoms with Crippen LogP contribution < -0.4 is 20.9 Å². The molecule has 18 nitrogen and oxygen atoms in total. The first-order valence-corrected chi connectivity index (χ1v) is 21.4. The maximum atomic E-state index is 14.2. The van der Waals surface area contributed by atoms with E-state index in [1.807, 2.05) is 6.07 Å². The van der Waals surface area contributed by atoms with Gasteiger partial charge in [0.15, 0.2) is 11.3 Å². The molecule has 1 unspecified atom stereocenters. The van der Waals surface area contributed by atoms with E-state index in [0.717, 1.165) is 63.1 Å². The van der Waals surface area contributed by atoms with E-state index in [2.05, 4.69) is 40.9 Å². The number of morpholine rings is 1. The van der Waals surface area contributed by atoms with Crippen LogP contribution >= 0.6 is 0 Å². The van der Waals surface area contributed by atoms with Gasteiger partial charge in [-0.05, 0) is 69.1 Å². The van der Waals surface area contributed by atoms with Crippen LogP contribution in [0.2, 0.25) is 0 Å². The van der Waals surface area contributed by atoms with Gasteiger partial charge in [0.2, 0.25) is 11.8 Å². The van der Waals surface area contributed by atoms with Crippen molar-refractivity contribution in [2.24, 2.45) is 5.92 Å². The van der Waals surface area contributed by atoms with E-state index in [1.54, 1.807) is 29.1 Å². The van der Waals surface area contributed by atoms with Gasteiger partial charge in [0.25, 0.3) is 24.1 Å². The Balaban J connectivity index is 0.718. The molecule has 20 heteroatoms. The van der Waals surface area contributed by atoms with Crippen molar-refractivity contribution in [2.75, 3.05) is 74.6 Å². The highest BCUT2D eigenvalue weighted by atomic mass is 19.3. The van der Waals surface area contributed by atoms with Gasteiger partial charge in [0.05, 0.1) is 55.0 Å². The van der Waals surface area contributed by atoms with Gasteiger partial charge in [-0.25, -0.2) is 18.3 Å². The van der Waals surface area contributed by atoms with Crippen molar-refractivity contribution < 1.29 is 42.2 Å². The Morgan fingerprint density at radius 1 is 0.952 bits per heavy atom. The van der Waals surface area contributed by atoms with Crippen LogP contribution in [0.5, 0.6) is 0 Å². The van der Waals surface area contributed by atoms with Crippen LogP contribution in [0.3, 0.4) is 0 Å². The maximum absolute atomic E-state index is 14.2. The van der Waals surface area contributed by atoms with Crippen molar-refractivity contribution in [3.63, 3.8) is 0 Å². The minimum Gasteiger partial charge on any atom is -0.382 e. The molecule has 1 saturated carbocycles. The molecule has 9 rings (SSSR count). The fourth-order valence-corrected chi connectivity index (χ4v) is 9.32. The third-order valence-electron chi connectivity index (χ3n) is 12.6. The van der Waals surface area contributed by atoms with E-state index in [4.69, 9.17) is 9.47 Å². The van der Waals surface area contributed by atoms with Crippen molar-refractivity contribution in [3.8, 4) is 0 Å². The average Bonchev–Trinajstić information content (AvgIpc) is 3.98. The number of ether oxygens (including phenoxy) is 2. The first-order chi connectivity index (χ1) is 30.1. The van der Waals surface area contributed by atoms with Gasteiger partial charge in [-0.1, -0.05) is 6.07 Å². The lowest BCUT2D eigenvalue weighted by molar-refractivity contribution is -0.136. The molecule has 0 bridgehead atoms. The minimum atomic E-state index is -2.87. The summed E-state index contributed by atoms with van der Waals surface area (Å²) in [5.41, 5.74) is 0.953. The second-order valence-corrected chi connectivity index (χ2v) is 16.5. The van der Waals surface area contributed by atoms with Crippen LogP contribution in [0.1, 0.15) is 101 Å². The van der Waals surface area contributed by atoms with Crippen molar-refractivity contribution in [1.82, 2.24) is 39.5 Å². The number of alkyl halides is 2. The predicted octanol–water partition coefficient (Wildman–Crippen LogP) is 3.68. The lowest BCUT2D eigenvalue weighted by atomic mass is 9.85. The Kier molecular flexibility index (Phi) is 11.9. The Morgan fingerprint density at radius 2 is 1.74 bits per heavy atom. The first-order valence-electron chi connectivity index (χ1n) is 21.4. The van der Waals surface area contributed by atoms with E-state index in [9.17, 15) is 32.8 Å². The molecule has 0 radical (unpaired) electrons. The molecule has 5 amide bonds. The summed E-state index contributed by atoms with van der Waals surface area (Å²) in [7, 11) is 0. The number of piperidine rings is 2. The molecule has 3 saturated heterocycles. The summed E-state index contributed by atoms with van der Waals surface area (Å²) in [6.45, 7) is 6.05. The van der Waals surface area contributed by atoms with Crippen molar-refractivity contribution in [1.29, 1.82) is 0 Å². The topological polar surface area (TPSA) is 198 Å². The molecule has 1 aromatic carbocycles. The number of likely N-dealkylation sites (tertiary alicyclic amines) is 1. The monoisotopic (exact) mass is 857 g/mol. The first kappa shape index (κ1) is 41.5. The van der Waals surface area contributed by atoms with Gasteiger partial charge in [-0.2, -0.15) is 10.2 Å². The Morgan fingerprint density at radius 3 is 2.50 bits per heavy atom. The van der Waals surface area contributed by atoms with Crippen LogP contribution in [0.15, 0.2) is 42.9 Å². The minimum absolute atomic E-state index is 0.0230. The molecule has 0 spiro atoms. The van der Waals surface area contributed by atoms with E-state index in [-0.39, 0.29) is 47.4 Å². The molecule has 4 fully saturated rings. The van der Waals surface area contributed by atoms with Gasteiger partial charge < -0.3 is 29.9 Å². The molecule has 3 aromatic heterocycles. The molecule has 328 valence electrons. The number of fused-ring (bicyclic) bond motifs is 2. The molecule has 1 atom stereocenters. The summed E-state index contributed by atoms with van der Waals surface area (Å²) in [6, 6.07) is 5.72. The zero-order valence-corrected chi connectivity index (χ0v) is 34.1. The van der Waals surface area contributed by atoms with Crippen LogP contribution in [-0.4, -0.2) is 135 Å². The van der Waals surface area contributed by atoms with Crippen molar-refractivity contribution >= 4 is 52.4 Å². The molecular weight excluding hydrogens is 809 g/mol. The van der Waals surface area contributed by atoms with E-state index < -0.39 is 47.7 Å². The van der Waals surface area contributed by atoms with Gasteiger partial charge in [0, 0.05) is 63.8 Å². The predicted molar refractivity (Wildman–Crippen MR) is 219 cm³/mol. The third-order valence-corrected chi connectivity index (χ3v) is 12.6. The van der Waals surface area contributed by atoms with E-state index in [0.29, 0.717) is 62.5 Å². The van der Waals surface area contributed by atoms with Gasteiger partial charge >= 0.3 is 0 Å². The summed E-state index contributed by atoms with van der Waals surface area (Å²) in [4.78, 5) is 74.2. The average molecular weight is 858 g/mol. The number of benzene rings is 1. The highest BCUT2D eigenvalue weighted by Gasteiger charge is 2.45. The highest BCUT2D eigenvalue weighted by Crippen LogP contribution is 2.36. The Hall–Kier alpha value is -5.86. The van der Waals surface area contributed by atoms with E-state index >= 15 is 0 Å². The van der Waals surface area contributed by atoms with Crippen LogP contribution in [0.25, 0.3) is 5.65 Å². The number of imide groups is 2. The largest absolute Gasteiger partial charge is 0.382 e. The number of hydrogen-bond donors (Lipinski definition) is 3. The lowest BCUT2D eigenvalue weighted by Gasteiger charge is -2.36. The van der Waals surface area contributed by atoms with Crippen LogP contribution in [-0.2, 0) is 19.1 Å². The second-order valence-electron chi connectivity index (χ2n) is 16.5. The third kappa shape index (κ3) is 8.50. The number of nitrogens with zero attached hydrogens (tertiary/aromatic N) is 8. The molecule has 5 aliphatic rings. The molecule has 4 aliphatic heterocycles. The summed E-state index contributed by atoms with van der Waals surface area (Å²) in [6.07, 6.45) is 7.19. The maximum Gasteiger partial charge on any atom is 0.284 e. The zero-order valence-electron chi connectivity index (χ0n) is 34.1. The number of aromatic nitrogens is 5. The van der Waals surface area contributed by atoms with Gasteiger partial charge in [-0.15, -0.1) is 0 Å². The molecule has 3 N–H and O–H groups in total. The standard InChI is InChI=1S/C42H49F2N11O7/c43-37(44)36-31(47-39(57)29-22-46-53-16-12-33(48-38(29)53)52-17-20-61-21-18-52)24-54(50-36)26-6-4-25(5-7-26)23-51-14-10-27(11-15-51)62-19-13-45-30-3-1-2-28-35(30)42(60)55(41(28)59)32-8-9-34(56)49-40(32)58/h1-3,12,16,22,24-27,32,37,45H,4-11,13-15,17-21,23H2,(H,47,57)(H,49,56,58)/t25-,26-,32?. The van der Waals surface area contributed by atoms with Crippen LogP contribution in [0.4, 0.5) is 26.0 Å². The second kappa shape index (κ2) is 17.9. The number of carbonyl (C=O) groups is 5. The summed E-state index contributed by atoms with van der Waals surface area (Å²) < 4.78 is 43.2. The zero-order chi connectivity index (χ0) is 42.9. The highest BCUT2D eigenvalue weighted by molar-refractivity contribution is 6.25. The summed E-state index contributed by atoms with van der Waals surface area (Å²) >= 11 is 0. The van der Waals surface area contributed by atoms with Gasteiger partial charge in [0.1, 0.15) is 17.4 Å². The Bertz CT molecular complexity index is 2350. The van der Waals surface area contributed by atoms with Crippen molar-refractivity contribution in [2.45, 2.75) is 76.0 Å². The molecule has 7 heterocycles. The molecule has 62 heavy (non-hydrogen) atoms. The normalized spacial score (nSPS) is 22.7. The fraction of sp³-hybridized carbons (Fsp3) is 0.524. The molecule has 1 aliphatic carbocycles. The number of hydrogen-bond acceptors (Lipinski definition) is 13. The quantitative estimate of drug-likeness (QED) is 0.130. The lowest BCUT2D eigenvalue weighted by Crippen LogP contribution is -2.54. The number of nitrogens with one attached hydrogen (secondary N) is 3. The summed E-state index contributed by atoms with van der Waals surface area (Å²) in [5, 5.41) is 16.6. The smallest absolute Gasteiger partial charge is 0.284 e. The number of amides is 5. The molecule has 4 aromatic rings. The summed E-state index contributed by atoms with van der Waals surface area (Å²) in [5.74, 6) is -1.60. The fourth-order valence-electron chi connectivity index (χ4n) is 9.32. The SMILES string of the molecule is O=C1CCC(N2C(=O)c3cccc(NCCOC4CCN(C[C@H]5CC[C@H](n6cc(NC(=O)c7cnn8ccc(N9CCOCC9)nc78)c(C(F)F)n6)CC5)CC4)c3C2=O)C(=O)N1. The van der Waals surface area contributed by atoms with Gasteiger partial charge in [-0.3, -0.25) is 38.9 Å². The van der Waals surface area contributed by atoms with E-state index in [1.165, 1.54) is 16.9 Å². The number of anilines is 3. The Labute approximate surface area is 355 Å².